The molecule has 3 rings (SSSR count). The Labute approximate surface area is 168 Å². The van der Waals surface area contributed by atoms with Crippen LogP contribution in [0, 0.1) is 13.8 Å². The van der Waals surface area contributed by atoms with Gasteiger partial charge in [-0.05, 0) is 50.2 Å². The molecule has 0 aliphatic heterocycles. The maximum atomic E-state index is 12.6. The highest BCUT2D eigenvalue weighted by atomic mass is 35.5. The normalized spacial score (nSPS) is 11.3. The molecule has 1 N–H and O–H groups in total. The molecule has 0 unspecified atom stereocenters. The van der Waals surface area contributed by atoms with Gasteiger partial charge in [0, 0.05) is 0 Å². The maximum absolute atomic E-state index is 12.6. The van der Waals surface area contributed by atoms with Crippen molar-refractivity contribution >= 4 is 27.5 Å². The van der Waals surface area contributed by atoms with Crippen LogP contribution in [0.1, 0.15) is 21.6 Å². The van der Waals surface area contributed by atoms with Crippen molar-refractivity contribution < 1.29 is 17.9 Å². The molecule has 0 radical (unpaired) electrons. The lowest BCUT2D eigenvalue weighted by Gasteiger charge is -2.08. The molecule has 7 nitrogen and oxygen atoms in total. The summed E-state index contributed by atoms with van der Waals surface area (Å²) < 4.78 is 33.5. The number of carbonyl (C=O) groups excluding carboxylic acids is 1. The highest BCUT2D eigenvalue weighted by Crippen LogP contribution is 2.24. The zero-order valence-electron chi connectivity index (χ0n) is 15.4. The van der Waals surface area contributed by atoms with Crippen LogP contribution in [0.15, 0.2) is 53.4 Å². The summed E-state index contributed by atoms with van der Waals surface area (Å²) in [5.74, 6) is -0.347. The van der Waals surface area contributed by atoms with Crippen molar-refractivity contribution in [3.05, 3.63) is 70.5 Å². The Kier molecular flexibility index (Phi) is 5.44. The molecule has 0 saturated carbocycles. The van der Waals surface area contributed by atoms with Crippen LogP contribution >= 0.6 is 11.6 Å². The van der Waals surface area contributed by atoms with E-state index in [4.69, 9.17) is 16.3 Å². The van der Waals surface area contributed by atoms with Crippen LogP contribution in [-0.4, -0.2) is 31.2 Å². The van der Waals surface area contributed by atoms with Crippen LogP contribution in [0.5, 0.6) is 5.75 Å². The molecule has 0 aliphatic rings. The largest absolute Gasteiger partial charge is 0.497 e. The second-order valence-electron chi connectivity index (χ2n) is 6.11. The molecule has 28 heavy (non-hydrogen) atoms. The van der Waals surface area contributed by atoms with Crippen molar-refractivity contribution in [2.45, 2.75) is 18.7 Å². The SMILES string of the molecule is COc1ccc(S(=O)(=O)NC(=O)c2c(C)nn(-c3ccc(C)cc3)c2Cl)cc1. The van der Waals surface area contributed by atoms with E-state index in [1.54, 1.807) is 6.92 Å². The molecule has 0 aliphatic carbocycles. The molecule has 0 fully saturated rings. The van der Waals surface area contributed by atoms with E-state index in [0.29, 0.717) is 17.1 Å². The quantitative estimate of drug-likeness (QED) is 0.685. The van der Waals surface area contributed by atoms with Gasteiger partial charge in [0.05, 0.1) is 23.4 Å². The summed E-state index contributed by atoms with van der Waals surface area (Å²) in [4.78, 5) is 12.6. The molecule has 146 valence electrons. The number of hydrogen-bond donors (Lipinski definition) is 1. The number of nitrogens with zero attached hydrogens (tertiary/aromatic N) is 2. The number of methoxy groups -OCH3 is 1. The summed E-state index contributed by atoms with van der Waals surface area (Å²) in [5, 5.41) is 4.30. The summed E-state index contributed by atoms with van der Waals surface area (Å²) >= 11 is 6.34. The highest BCUT2D eigenvalue weighted by Gasteiger charge is 2.25. The maximum Gasteiger partial charge on any atom is 0.270 e. The minimum absolute atomic E-state index is 0.000622. The summed E-state index contributed by atoms with van der Waals surface area (Å²) in [6.45, 7) is 3.54. The van der Waals surface area contributed by atoms with Crippen LogP contribution in [-0.2, 0) is 10.0 Å². The van der Waals surface area contributed by atoms with Gasteiger partial charge in [0.25, 0.3) is 15.9 Å². The number of benzene rings is 2. The van der Waals surface area contributed by atoms with Gasteiger partial charge >= 0.3 is 0 Å². The first-order valence-corrected chi connectivity index (χ1v) is 10.1. The molecule has 2 aromatic carbocycles. The third-order valence-electron chi connectivity index (χ3n) is 4.11. The van der Waals surface area contributed by atoms with E-state index >= 15 is 0 Å². The first-order chi connectivity index (χ1) is 13.2. The van der Waals surface area contributed by atoms with Gasteiger partial charge in [-0.3, -0.25) is 4.79 Å². The van der Waals surface area contributed by atoms with Crippen molar-refractivity contribution in [3.63, 3.8) is 0 Å². The molecule has 0 atom stereocenters. The molecule has 1 aromatic heterocycles. The van der Waals surface area contributed by atoms with Gasteiger partial charge in [-0.25, -0.2) is 17.8 Å². The predicted octanol–water partition coefficient (Wildman–Crippen LogP) is 3.27. The second-order valence-corrected chi connectivity index (χ2v) is 8.15. The monoisotopic (exact) mass is 419 g/mol. The van der Waals surface area contributed by atoms with Crippen molar-refractivity contribution in [2.24, 2.45) is 0 Å². The van der Waals surface area contributed by atoms with Gasteiger partial charge in [-0.15, -0.1) is 0 Å². The average molecular weight is 420 g/mol. The first kappa shape index (κ1) is 19.9. The van der Waals surface area contributed by atoms with Crippen LogP contribution in [0.25, 0.3) is 5.69 Å². The topological polar surface area (TPSA) is 90.3 Å². The van der Waals surface area contributed by atoms with E-state index in [2.05, 4.69) is 5.10 Å². The van der Waals surface area contributed by atoms with E-state index in [1.165, 1.54) is 36.1 Å². The van der Waals surface area contributed by atoms with E-state index in [1.807, 2.05) is 35.9 Å². The van der Waals surface area contributed by atoms with Gasteiger partial charge in [0.1, 0.15) is 16.5 Å². The standard InChI is InChI=1S/C19H18ClN3O4S/c1-12-4-6-14(7-5-12)23-18(20)17(13(2)21-23)19(24)22-28(25,26)16-10-8-15(27-3)9-11-16/h4-11H,1-3H3,(H,22,24). The van der Waals surface area contributed by atoms with Crippen molar-refractivity contribution in [1.82, 2.24) is 14.5 Å². The molecule has 0 saturated heterocycles. The molecule has 0 spiro atoms. The first-order valence-electron chi connectivity index (χ1n) is 8.26. The van der Waals surface area contributed by atoms with E-state index in [0.717, 1.165) is 5.56 Å². The Morgan fingerprint density at radius 3 is 2.25 bits per heavy atom. The number of nitrogens with one attached hydrogen (secondary N) is 1. The molecule has 0 bridgehead atoms. The molecule has 3 aromatic rings. The number of halogens is 1. The third-order valence-corrected chi connectivity index (χ3v) is 5.80. The van der Waals surface area contributed by atoms with Crippen LogP contribution in [0.4, 0.5) is 0 Å². The Bertz CT molecular complexity index is 1120. The molecule has 9 heteroatoms. The number of aryl methyl sites for hydroxylation is 2. The molecular formula is C19H18ClN3O4S. The lowest BCUT2D eigenvalue weighted by atomic mass is 10.2. The number of aromatic nitrogens is 2. The van der Waals surface area contributed by atoms with Crippen LogP contribution < -0.4 is 9.46 Å². The predicted molar refractivity (Wildman–Crippen MR) is 106 cm³/mol. The smallest absolute Gasteiger partial charge is 0.270 e. The zero-order valence-corrected chi connectivity index (χ0v) is 17.0. The van der Waals surface area contributed by atoms with Crippen LogP contribution in [0.3, 0.4) is 0 Å². The number of sulfonamides is 1. The number of hydrogen-bond acceptors (Lipinski definition) is 5. The lowest BCUT2D eigenvalue weighted by molar-refractivity contribution is 0.0981. The highest BCUT2D eigenvalue weighted by molar-refractivity contribution is 7.90. The van der Waals surface area contributed by atoms with E-state index in [-0.39, 0.29) is 15.6 Å². The van der Waals surface area contributed by atoms with Crippen molar-refractivity contribution in [3.8, 4) is 11.4 Å². The molecule has 1 amide bonds. The van der Waals surface area contributed by atoms with Crippen LogP contribution in [0.2, 0.25) is 5.15 Å². The fraction of sp³-hybridized carbons (Fsp3) is 0.158. The number of rotatable bonds is 5. The van der Waals surface area contributed by atoms with Gasteiger partial charge in [0.2, 0.25) is 0 Å². The summed E-state index contributed by atoms with van der Waals surface area (Å²) in [5.41, 5.74) is 2.04. The van der Waals surface area contributed by atoms with Crippen molar-refractivity contribution in [1.29, 1.82) is 0 Å². The second kappa shape index (κ2) is 7.65. The van der Waals surface area contributed by atoms with Crippen molar-refractivity contribution in [2.75, 3.05) is 7.11 Å². The van der Waals surface area contributed by atoms with Gasteiger partial charge in [-0.1, -0.05) is 29.3 Å². The Hall–Kier alpha value is -2.84. The van der Waals surface area contributed by atoms with Gasteiger partial charge in [-0.2, -0.15) is 5.10 Å². The van der Waals surface area contributed by atoms with Gasteiger partial charge in [0.15, 0.2) is 0 Å². The van der Waals surface area contributed by atoms with Gasteiger partial charge < -0.3 is 4.74 Å². The summed E-state index contributed by atoms with van der Waals surface area (Å²) in [6.07, 6.45) is 0. The fourth-order valence-corrected chi connectivity index (χ4v) is 3.92. The lowest BCUT2D eigenvalue weighted by Crippen LogP contribution is -2.31. The Morgan fingerprint density at radius 2 is 1.68 bits per heavy atom. The summed E-state index contributed by atoms with van der Waals surface area (Å²) in [6, 6.07) is 13.1. The molecule has 1 heterocycles. The number of amides is 1. The van der Waals surface area contributed by atoms with E-state index < -0.39 is 15.9 Å². The average Bonchev–Trinajstić information content (AvgIpc) is 2.96. The third kappa shape index (κ3) is 3.88. The summed E-state index contributed by atoms with van der Waals surface area (Å²) in [7, 11) is -2.60. The Balaban J connectivity index is 1.91. The minimum atomic E-state index is -4.08. The number of carbonyl (C=O) groups is 1. The number of ether oxygens (including phenoxy) is 1. The minimum Gasteiger partial charge on any atom is -0.497 e. The fourth-order valence-electron chi connectivity index (χ4n) is 2.60. The van der Waals surface area contributed by atoms with E-state index in [9.17, 15) is 13.2 Å². The Morgan fingerprint density at radius 1 is 1.07 bits per heavy atom. The molecular weight excluding hydrogens is 402 g/mol. The zero-order chi connectivity index (χ0) is 20.5.